The molecule has 1 aromatic rings. The molecule has 0 amide bonds. The number of ketones is 1. The predicted molar refractivity (Wildman–Crippen MR) is 64.8 cm³/mol. The van der Waals surface area contributed by atoms with Gasteiger partial charge in [-0.15, -0.1) is 0 Å². The lowest BCUT2D eigenvalue weighted by Crippen LogP contribution is -2.17. The molecule has 1 saturated carbocycles. The van der Waals surface area contributed by atoms with Gasteiger partial charge in [0, 0.05) is 12.8 Å². The molecule has 0 aromatic heterocycles. The molecule has 1 nitrogen and oxygen atoms in total. The van der Waals surface area contributed by atoms with Gasteiger partial charge >= 0.3 is 0 Å². The van der Waals surface area contributed by atoms with Crippen LogP contribution in [0.25, 0.3) is 0 Å². The van der Waals surface area contributed by atoms with Gasteiger partial charge in [-0.2, -0.15) is 0 Å². The van der Waals surface area contributed by atoms with Gasteiger partial charge in [-0.05, 0) is 52.7 Å². The van der Waals surface area contributed by atoms with E-state index in [4.69, 9.17) is 0 Å². The largest absolute Gasteiger partial charge is 0.300 e. The summed E-state index contributed by atoms with van der Waals surface area (Å²) in [6.45, 7) is 0. The number of halogens is 2. The third-order valence-electron chi connectivity index (χ3n) is 3.12. The van der Waals surface area contributed by atoms with Gasteiger partial charge in [0.2, 0.25) is 0 Å². The van der Waals surface area contributed by atoms with Crippen molar-refractivity contribution in [3.05, 3.63) is 34.1 Å². The fourth-order valence-electron chi connectivity index (χ4n) is 2.31. The van der Waals surface area contributed by atoms with E-state index in [1.54, 1.807) is 6.07 Å². The fourth-order valence-corrected chi connectivity index (χ4v) is 2.73. The molecule has 86 valence electrons. The average molecular weight is 285 g/mol. The van der Waals surface area contributed by atoms with Crippen LogP contribution in [0.3, 0.4) is 0 Å². The van der Waals surface area contributed by atoms with Crippen LogP contribution in [0.1, 0.15) is 31.2 Å². The van der Waals surface area contributed by atoms with E-state index in [0.29, 0.717) is 22.6 Å². The maximum atomic E-state index is 13.3. The molecule has 0 radical (unpaired) electrons. The molecule has 0 heterocycles. The molecule has 0 N–H and O–H groups in total. The molecule has 1 aliphatic rings. The van der Waals surface area contributed by atoms with Crippen LogP contribution in [-0.4, -0.2) is 5.78 Å². The van der Waals surface area contributed by atoms with E-state index >= 15 is 0 Å². The molecule has 3 heteroatoms. The van der Waals surface area contributed by atoms with Crippen LogP contribution in [0.5, 0.6) is 0 Å². The number of carbonyl (C=O) groups is 1. The summed E-state index contributed by atoms with van der Waals surface area (Å²) in [7, 11) is 0. The summed E-state index contributed by atoms with van der Waals surface area (Å²) >= 11 is 3.26. The Hall–Kier alpha value is -0.700. The second-order valence-corrected chi connectivity index (χ2v) is 5.21. The molecule has 1 aromatic carbocycles. The monoisotopic (exact) mass is 284 g/mol. The highest BCUT2D eigenvalue weighted by molar-refractivity contribution is 9.10. The van der Waals surface area contributed by atoms with Crippen molar-refractivity contribution in [1.82, 2.24) is 0 Å². The van der Waals surface area contributed by atoms with Gasteiger partial charge in [0.1, 0.15) is 11.6 Å². The molecule has 16 heavy (non-hydrogen) atoms. The second kappa shape index (κ2) is 5.09. The lowest BCUT2D eigenvalue weighted by atomic mass is 9.84. The van der Waals surface area contributed by atoms with Crippen molar-refractivity contribution >= 4 is 21.7 Å². The first kappa shape index (κ1) is 11.8. The number of hydrogen-bond acceptors (Lipinski definition) is 1. The minimum atomic E-state index is -0.223. The van der Waals surface area contributed by atoms with Gasteiger partial charge < -0.3 is 0 Å². The van der Waals surface area contributed by atoms with E-state index < -0.39 is 0 Å². The van der Waals surface area contributed by atoms with Crippen molar-refractivity contribution in [2.24, 2.45) is 5.92 Å². The molecule has 0 bridgehead atoms. The molecule has 2 rings (SSSR count). The molecule has 1 aliphatic carbocycles. The minimum Gasteiger partial charge on any atom is -0.300 e. The van der Waals surface area contributed by atoms with Crippen LogP contribution < -0.4 is 0 Å². The van der Waals surface area contributed by atoms with E-state index in [1.165, 1.54) is 6.07 Å². The van der Waals surface area contributed by atoms with Crippen LogP contribution in [0, 0.1) is 11.7 Å². The van der Waals surface area contributed by atoms with E-state index in [0.717, 1.165) is 31.2 Å². The normalized spacial score (nSPS) is 21.1. The van der Waals surface area contributed by atoms with Crippen LogP contribution in [0.15, 0.2) is 22.7 Å². The van der Waals surface area contributed by atoms with E-state index in [-0.39, 0.29) is 5.82 Å². The van der Waals surface area contributed by atoms with Gasteiger partial charge in [0.05, 0.1) is 4.47 Å². The zero-order valence-corrected chi connectivity index (χ0v) is 10.6. The topological polar surface area (TPSA) is 17.1 Å². The van der Waals surface area contributed by atoms with Crippen LogP contribution in [-0.2, 0) is 11.2 Å². The Kier molecular flexibility index (Phi) is 3.74. The highest BCUT2D eigenvalue weighted by atomic mass is 79.9. The Morgan fingerprint density at radius 1 is 1.44 bits per heavy atom. The molecule has 0 spiro atoms. The highest BCUT2D eigenvalue weighted by Crippen LogP contribution is 2.29. The first-order chi connectivity index (χ1) is 7.66. The predicted octanol–water partition coefficient (Wildman–Crippen LogP) is 3.89. The summed E-state index contributed by atoms with van der Waals surface area (Å²) in [6.07, 6.45) is 4.24. The molecule has 1 atom stereocenters. The summed E-state index contributed by atoms with van der Waals surface area (Å²) in [4.78, 5) is 11.3. The summed E-state index contributed by atoms with van der Waals surface area (Å²) in [5.74, 6) is 0.516. The second-order valence-electron chi connectivity index (χ2n) is 4.42. The quantitative estimate of drug-likeness (QED) is 0.805. The van der Waals surface area contributed by atoms with Gasteiger partial charge in [-0.1, -0.05) is 12.1 Å². The van der Waals surface area contributed by atoms with E-state index in [9.17, 15) is 9.18 Å². The summed E-state index contributed by atoms with van der Waals surface area (Å²) in [5.41, 5.74) is 0.972. The Morgan fingerprint density at radius 2 is 2.25 bits per heavy atom. The zero-order chi connectivity index (χ0) is 11.5. The van der Waals surface area contributed by atoms with Gasteiger partial charge in [0.25, 0.3) is 0 Å². The van der Waals surface area contributed by atoms with Crippen molar-refractivity contribution in [3.8, 4) is 0 Å². The Balaban J connectivity index is 2.08. The summed E-state index contributed by atoms with van der Waals surface area (Å²) < 4.78 is 13.8. The van der Waals surface area contributed by atoms with Gasteiger partial charge in [-0.25, -0.2) is 4.39 Å². The van der Waals surface area contributed by atoms with Crippen LogP contribution in [0.2, 0.25) is 0 Å². The number of carbonyl (C=O) groups excluding carboxylic acids is 1. The van der Waals surface area contributed by atoms with Crippen molar-refractivity contribution in [2.75, 3.05) is 0 Å². The van der Waals surface area contributed by atoms with Gasteiger partial charge in [0.15, 0.2) is 0 Å². The maximum Gasteiger partial charge on any atom is 0.137 e. The van der Waals surface area contributed by atoms with Crippen LogP contribution >= 0.6 is 15.9 Å². The third kappa shape index (κ3) is 2.70. The standard InChI is InChI=1S/C13H14BrFO/c14-13-10(4-2-6-12(13)15)7-9-3-1-5-11(16)8-9/h2,4,6,9H,1,3,5,7-8H2. The summed E-state index contributed by atoms with van der Waals surface area (Å²) in [5, 5.41) is 0. The van der Waals surface area contributed by atoms with Crippen molar-refractivity contribution in [3.63, 3.8) is 0 Å². The number of rotatable bonds is 2. The number of Topliss-reactive ketones (excluding diaryl/α,β-unsaturated/α-hetero) is 1. The average Bonchev–Trinajstić information content (AvgIpc) is 2.25. The van der Waals surface area contributed by atoms with E-state index in [1.807, 2.05) is 6.07 Å². The van der Waals surface area contributed by atoms with Crippen molar-refractivity contribution in [2.45, 2.75) is 32.1 Å². The first-order valence-electron chi connectivity index (χ1n) is 5.61. The number of hydrogen-bond donors (Lipinski definition) is 0. The minimum absolute atomic E-state index is 0.223. The first-order valence-corrected chi connectivity index (χ1v) is 6.40. The third-order valence-corrected chi connectivity index (χ3v) is 4.01. The van der Waals surface area contributed by atoms with Crippen molar-refractivity contribution in [1.29, 1.82) is 0 Å². The smallest absolute Gasteiger partial charge is 0.137 e. The summed E-state index contributed by atoms with van der Waals surface area (Å²) in [6, 6.07) is 5.09. The molecular weight excluding hydrogens is 271 g/mol. The van der Waals surface area contributed by atoms with E-state index in [2.05, 4.69) is 15.9 Å². The number of benzene rings is 1. The highest BCUT2D eigenvalue weighted by Gasteiger charge is 2.20. The maximum absolute atomic E-state index is 13.3. The van der Waals surface area contributed by atoms with Crippen molar-refractivity contribution < 1.29 is 9.18 Å². The SMILES string of the molecule is O=C1CCCC(Cc2cccc(F)c2Br)C1. The Morgan fingerprint density at radius 3 is 3.00 bits per heavy atom. The molecule has 1 fully saturated rings. The Labute approximate surface area is 103 Å². The lowest BCUT2D eigenvalue weighted by Gasteiger charge is -2.21. The fraction of sp³-hybridized carbons (Fsp3) is 0.462. The molecule has 0 aliphatic heterocycles. The zero-order valence-electron chi connectivity index (χ0n) is 9.01. The molecule has 1 unspecified atom stereocenters. The molecule has 0 saturated heterocycles. The van der Waals surface area contributed by atoms with Crippen LogP contribution in [0.4, 0.5) is 4.39 Å². The molecular formula is C13H14BrFO. The lowest BCUT2D eigenvalue weighted by molar-refractivity contribution is -0.121. The Bertz CT molecular complexity index is 403. The van der Waals surface area contributed by atoms with Gasteiger partial charge in [-0.3, -0.25) is 4.79 Å².